The molecule has 0 fully saturated rings. The lowest BCUT2D eigenvalue weighted by molar-refractivity contribution is 0.0538. The van der Waals surface area contributed by atoms with Crippen molar-refractivity contribution in [1.82, 2.24) is 16.0 Å². The molecule has 0 aromatic carbocycles. The van der Waals surface area contributed by atoms with Gasteiger partial charge in [-0.25, -0.2) is 14.4 Å². The van der Waals surface area contributed by atoms with Gasteiger partial charge in [0.25, 0.3) is 0 Å². The molecular formula is C19H37N3O6. The summed E-state index contributed by atoms with van der Waals surface area (Å²) >= 11 is 0. The quantitative estimate of drug-likeness (QED) is 0.457. The normalized spacial score (nSPS) is 13.3. The number of rotatable bonds is 11. The summed E-state index contributed by atoms with van der Waals surface area (Å²) in [7, 11) is 1.46. The van der Waals surface area contributed by atoms with Crippen LogP contribution in [-0.2, 0) is 14.2 Å². The van der Waals surface area contributed by atoms with Gasteiger partial charge < -0.3 is 30.2 Å². The van der Waals surface area contributed by atoms with Gasteiger partial charge in [-0.05, 0) is 44.9 Å². The van der Waals surface area contributed by atoms with Crippen LogP contribution in [-0.4, -0.2) is 57.2 Å². The third kappa shape index (κ3) is 13.9. The Morgan fingerprint density at radius 3 is 2.14 bits per heavy atom. The number of carbonyl (C=O) groups excluding carboxylic acids is 3. The maximum Gasteiger partial charge on any atom is 0.407 e. The van der Waals surface area contributed by atoms with Crippen LogP contribution < -0.4 is 16.0 Å². The first-order chi connectivity index (χ1) is 12.9. The highest BCUT2D eigenvalue weighted by atomic mass is 16.6. The second kappa shape index (κ2) is 13.1. The topological polar surface area (TPSA) is 115 Å². The summed E-state index contributed by atoms with van der Waals surface area (Å²) in [5.74, 6) is 0.268. The van der Waals surface area contributed by atoms with Crippen LogP contribution in [0, 0.1) is 11.3 Å². The van der Waals surface area contributed by atoms with Crippen LogP contribution in [0.15, 0.2) is 0 Å². The first kappa shape index (κ1) is 25.8. The highest BCUT2D eigenvalue weighted by Crippen LogP contribution is 2.28. The van der Waals surface area contributed by atoms with Crippen LogP contribution in [0.4, 0.5) is 14.4 Å². The van der Waals surface area contributed by atoms with Gasteiger partial charge in [0, 0.05) is 20.1 Å². The van der Waals surface area contributed by atoms with E-state index in [1.165, 1.54) is 7.05 Å². The van der Waals surface area contributed by atoms with Crippen molar-refractivity contribution < 1.29 is 28.6 Å². The summed E-state index contributed by atoms with van der Waals surface area (Å²) in [6.45, 7) is 12.5. The maximum absolute atomic E-state index is 11.7. The molecule has 0 radical (unpaired) electrons. The summed E-state index contributed by atoms with van der Waals surface area (Å²) < 4.78 is 15.0. The van der Waals surface area contributed by atoms with Gasteiger partial charge >= 0.3 is 18.3 Å². The minimum atomic E-state index is -0.570. The molecule has 0 aliphatic heterocycles. The van der Waals surface area contributed by atoms with E-state index in [0.717, 1.165) is 12.8 Å². The molecule has 0 aromatic heterocycles. The first-order valence-corrected chi connectivity index (χ1v) is 9.68. The molecular weight excluding hydrogens is 366 g/mol. The molecule has 164 valence electrons. The maximum atomic E-state index is 11.7. The molecule has 3 amide bonds. The van der Waals surface area contributed by atoms with E-state index in [0.29, 0.717) is 13.1 Å². The van der Waals surface area contributed by atoms with Gasteiger partial charge in [0.15, 0.2) is 0 Å². The summed E-state index contributed by atoms with van der Waals surface area (Å²) in [6, 6.07) is 0. The molecule has 0 bridgehead atoms. The number of alkyl carbamates (subject to hydrolysis) is 3. The van der Waals surface area contributed by atoms with Gasteiger partial charge in [-0.3, -0.25) is 0 Å². The fourth-order valence-corrected chi connectivity index (χ4v) is 2.65. The lowest BCUT2D eigenvalue weighted by atomic mass is 9.80. The Labute approximate surface area is 168 Å². The second-order valence-corrected chi connectivity index (χ2v) is 8.05. The van der Waals surface area contributed by atoms with E-state index in [9.17, 15) is 14.4 Å². The van der Waals surface area contributed by atoms with E-state index in [1.54, 1.807) is 20.8 Å². The van der Waals surface area contributed by atoms with E-state index >= 15 is 0 Å². The number of ether oxygens (including phenoxy) is 3. The molecule has 0 rings (SSSR count). The smallest absolute Gasteiger partial charge is 0.407 e. The Bertz CT molecular complexity index is 496. The zero-order chi connectivity index (χ0) is 21.7. The van der Waals surface area contributed by atoms with Crippen molar-refractivity contribution in [3.05, 3.63) is 0 Å². The predicted molar refractivity (Wildman–Crippen MR) is 106 cm³/mol. The Balaban J connectivity index is 4.03. The number of nitrogens with one attached hydrogen (secondary N) is 3. The molecule has 0 spiro atoms. The van der Waals surface area contributed by atoms with Crippen molar-refractivity contribution in [2.75, 3.05) is 26.7 Å². The summed E-state index contributed by atoms with van der Waals surface area (Å²) in [4.78, 5) is 34.3. The molecule has 3 N–H and O–H groups in total. The molecule has 2 unspecified atom stereocenters. The van der Waals surface area contributed by atoms with Crippen LogP contribution in [0.1, 0.15) is 54.4 Å². The van der Waals surface area contributed by atoms with Crippen molar-refractivity contribution in [2.24, 2.45) is 11.3 Å². The largest absolute Gasteiger partial charge is 0.447 e. The number of hydrogen-bond acceptors (Lipinski definition) is 6. The number of amides is 3. The van der Waals surface area contributed by atoms with E-state index in [-0.39, 0.29) is 24.0 Å². The zero-order valence-electron chi connectivity index (χ0n) is 18.2. The fraction of sp³-hybridized carbons (Fsp3) is 0.842. The molecule has 9 nitrogen and oxygen atoms in total. The zero-order valence-corrected chi connectivity index (χ0v) is 18.2. The number of hydrogen-bond donors (Lipinski definition) is 3. The van der Waals surface area contributed by atoms with Crippen molar-refractivity contribution >= 4 is 18.3 Å². The molecule has 9 heteroatoms. The average Bonchev–Trinajstić information content (AvgIpc) is 2.56. The van der Waals surface area contributed by atoms with Crippen LogP contribution >= 0.6 is 0 Å². The van der Waals surface area contributed by atoms with E-state index < -0.39 is 24.4 Å². The van der Waals surface area contributed by atoms with Gasteiger partial charge in [-0.15, -0.1) is 0 Å². The monoisotopic (exact) mass is 403 g/mol. The van der Waals surface area contributed by atoms with Gasteiger partial charge in [0.1, 0.15) is 12.7 Å². The minimum Gasteiger partial charge on any atom is -0.447 e. The lowest BCUT2D eigenvalue weighted by Crippen LogP contribution is -2.34. The van der Waals surface area contributed by atoms with E-state index in [2.05, 4.69) is 36.7 Å². The molecule has 0 aliphatic carbocycles. The molecule has 0 saturated heterocycles. The molecule has 0 aliphatic rings. The van der Waals surface area contributed by atoms with Crippen molar-refractivity contribution in [1.29, 1.82) is 0 Å². The summed E-state index contributed by atoms with van der Waals surface area (Å²) in [5, 5.41) is 7.79. The Morgan fingerprint density at radius 1 is 0.929 bits per heavy atom. The minimum absolute atomic E-state index is 0.0160. The fourth-order valence-electron chi connectivity index (χ4n) is 2.65. The van der Waals surface area contributed by atoms with Crippen LogP contribution in [0.25, 0.3) is 0 Å². The lowest BCUT2D eigenvalue weighted by Gasteiger charge is -2.28. The predicted octanol–water partition coefficient (Wildman–Crippen LogP) is 3.03. The van der Waals surface area contributed by atoms with Crippen molar-refractivity contribution in [3.63, 3.8) is 0 Å². The highest BCUT2D eigenvalue weighted by Gasteiger charge is 2.22. The first-order valence-electron chi connectivity index (χ1n) is 9.68. The standard InChI is InChI=1S/C19H37N3O6/c1-13(2)27-18(25)22-11-14(3)10-19(5,6)8-9-21-17(24)26-12-15(4)28-16(23)20-7/h13-15H,8-12H2,1-7H3,(H,20,23)(H,21,24)(H,22,25). The van der Waals surface area contributed by atoms with Crippen LogP contribution in [0.5, 0.6) is 0 Å². The molecule has 2 atom stereocenters. The molecule has 28 heavy (non-hydrogen) atoms. The SMILES string of the molecule is CNC(=O)OC(C)COC(=O)NCCC(C)(C)CC(C)CNC(=O)OC(C)C. The van der Waals surface area contributed by atoms with Gasteiger partial charge in [-0.1, -0.05) is 20.8 Å². The Morgan fingerprint density at radius 2 is 1.57 bits per heavy atom. The van der Waals surface area contributed by atoms with Gasteiger partial charge in [-0.2, -0.15) is 0 Å². The third-order valence-electron chi connectivity index (χ3n) is 3.87. The molecule has 0 heterocycles. The summed E-state index contributed by atoms with van der Waals surface area (Å²) in [5.41, 5.74) is -0.0219. The Hall–Kier alpha value is -2.19. The van der Waals surface area contributed by atoms with E-state index in [1.807, 2.05) is 0 Å². The third-order valence-corrected chi connectivity index (χ3v) is 3.87. The van der Waals surface area contributed by atoms with Crippen LogP contribution in [0.2, 0.25) is 0 Å². The van der Waals surface area contributed by atoms with Crippen LogP contribution in [0.3, 0.4) is 0 Å². The van der Waals surface area contributed by atoms with Crippen molar-refractivity contribution in [2.45, 2.75) is 66.6 Å². The molecule has 0 saturated carbocycles. The highest BCUT2D eigenvalue weighted by molar-refractivity contribution is 5.68. The van der Waals surface area contributed by atoms with Crippen molar-refractivity contribution in [3.8, 4) is 0 Å². The number of carbonyl (C=O) groups is 3. The van der Waals surface area contributed by atoms with Gasteiger partial charge in [0.2, 0.25) is 0 Å². The summed E-state index contributed by atoms with van der Waals surface area (Å²) in [6.07, 6.45) is -0.559. The Kier molecular flexibility index (Phi) is 12.0. The average molecular weight is 404 g/mol. The second-order valence-electron chi connectivity index (χ2n) is 8.05. The van der Waals surface area contributed by atoms with Gasteiger partial charge in [0.05, 0.1) is 6.10 Å². The van der Waals surface area contributed by atoms with E-state index in [4.69, 9.17) is 14.2 Å². The molecule has 0 aromatic rings.